The number of fused-ring (bicyclic) bond motifs is 2. The number of methoxy groups -OCH3 is 1. The zero-order valence-corrected chi connectivity index (χ0v) is 24.4. The van der Waals surface area contributed by atoms with E-state index < -0.39 is 16.8 Å². The first-order valence-electron chi connectivity index (χ1n) is 14.5. The van der Waals surface area contributed by atoms with Gasteiger partial charge in [-0.1, -0.05) is 6.07 Å². The lowest BCUT2D eigenvalue weighted by Crippen LogP contribution is -2.49. The molecule has 0 bridgehead atoms. The topological polar surface area (TPSA) is 111 Å². The van der Waals surface area contributed by atoms with E-state index >= 15 is 0 Å². The summed E-state index contributed by atoms with van der Waals surface area (Å²) in [6.45, 7) is 3.54. The van der Waals surface area contributed by atoms with E-state index in [4.69, 9.17) is 14.5 Å². The Morgan fingerprint density at radius 2 is 1.95 bits per heavy atom. The molecule has 2 atom stereocenters. The predicted molar refractivity (Wildman–Crippen MR) is 160 cm³/mol. The maximum Gasteiger partial charge on any atom is 0.234 e. The van der Waals surface area contributed by atoms with E-state index in [1.807, 2.05) is 13.0 Å². The van der Waals surface area contributed by atoms with Crippen molar-refractivity contribution in [1.29, 1.82) is 0 Å². The Kier molecular flexibility index (Phi) is 7.38. The van der Waals surface area contributed by atoms with E-state index in [1.54, 1.807) is 49.5 Å². The molecule has 2 aromatic carbocycles. The number of hydrogen-bond acceptors (Lipinski definition) is 7. The minimum Gasteiger partial charge on any atom is -0.494 e. The summed E-state index contributed by atoms with van der Waals surface area (Å²) in [7, 11) is 1.53. The number of benzene rings is 2. The van der Waals surface area contributed by atoms with Gasteiger partial charge in [0.1, 0.15) is 46.1 Å². The number of nitrogens with one attached hydrogen (secondary N) is 1. The Balaban J connectivity index is 1.33. The van der Waals surface area contributed by atoms with Crippen molar-refractivity contribution in [3.05, 3.63) is 83.4 Å². The quantitative estimate of drug-likeness (QED) is 0.246. The van der Waals surface area contributed by atoms with Gasteiger partial charge in [-0.25, -0.2) is 9.37 Å². The van der Waals surface area contributed by atoms with Crippen LogP contribution in [0.15, 0.2) is 60.8 Å². The molecular formula is C34H34FN3O5. The summed E-state index contributed by atoms with van der Waals surface area (Å²) in [4.78, 5) is 36.0. The van der Waals surface area contributed by atoms with Crippen molar-refractivity contribution in [2.75, 3.05) is 13.7 Å². The van der Waals surface area contributed by atoms with Gasteiger partial charge in [0.15, 0.2) is 5.78 Å². The van der Waals surface area contributed by atoms with Gasteiger partial charge in [0.05, 0.1) is 12.8 Å². The fraction of sp³-hybridized carbons (Fsp3) is 0.353. The van der Waals surface area contributed by atoms with Crippen LogP contribution in [0.5, 0.6) is 11.5 Å². The summed E-state index contributed by atoms with van der Waals surface area (Å²) in [6.07, 6.45) is 4.74. The van der Waals surface area contributed by atoms with Gasteiger partial charge in [0, 0.05) is 40.7 Å². The van der Waals surface area contributed by atoms with E-state index in [0.717, 1.165) is 24.6 Å². The molecule has 2 aromatic heterocycles. The highest BCUT2D eigenvalue weighted by molar-refractivity contribution is 6.01. The summed E-state index contributed by atoms with van der Waals surface area (Å²) in [6, 6.07) is 14.8. The van der Waals surface area contributed by atoms with Crippen LogP contribution in [0, 0.1) is 5.82 Å². The number of hydrogen-bond donors (Lipinski definition) is 2. The number of aliphatic hydroxyl groups is 1. The SMILES string of the molecule is COc1cc(C(=O)CC[C@](C)(O)c2cc3c(c(-c4ccc(F)cc4)n2)OC[C@]3(C)C(=O)NC2CCC2)cc2cccnc12. The lowest BCUT2D eigenvalue weighted by atomic mass is 9.80. The Morgan fingerprint density at radius 3 is 2.65 bits per heavy atom. The molecule has 6 rings (SSSR count). The molecule has 0 saturated heterocycles. The second kappa shape index (κ2) is 11.0. The van der Waals surface area contributed by atoms with Gasteiger partial charge in [-0.05, 0) is 88.1 Å². The van der Waals surface area contributed by atoms with Crippen molar-refractivity contribution in [2.24, 2.45) is 0 Å². The maximum absolute atomic E-state index is 13.8. The van der Waals surface area contributed by atoms with E-state index in [0.29, 0.717) is 45.1 Å². The van der Waals surface area contributed by atoms with Gasteiger partial charge in [-0.2, -0.15) is 0 Å². The molecule has 2 aliphatic rings. The largest absolute Gasteiger partial charge is 0.494 e. The van der Waals surface area contributed by atoms with E-state index in [-0.39, 0.29) is 37.2 Å². The van der Waals surface area contributed by atoms with Crippen LogP contribution in [0.25, 0.3) is 22.2 Å². The van der Waals surface area contributed by atoms with Crippen molar-refractivity contribution in [3.63, 3.8) is 0 Å². The van der Waals surface area contributed by atoms with Crippen LogP contribution in [0.1, 0.15) is 67.6 Å². The highest BCUT2D eigenvalue weighted by Gasteiger charge is 2.46. The van der Waals surface area contributed by atoms with Gasteiger partial charge in [0.25, 0.3) is 0 Å². The lowest BCUT2D eigenvalue weighted by molar-refractivity contribution is -0.127. The van der Waals surface area contributed by atoms with Crippen LogP contribution in [-0.4, -0.2) is 46.5 Å². The van der Waals surface area contributed by atoms with E-state index in [9.17, 15) is 19.1 Å². The molecule has 3 heterocycles. The molecule has 8 nitrogen and oxygen atoms in total. The second-order valence-corrected chi connectivity index (χ2v) is 11.9. The van der Waals surface area contributed by atoms with E-state index in [1.165, 1.54) is 19.2 Å². The number of Topliss-reactive ketones (excluding diaryl/α,β-unsaturated/α-hetero) is 1. The Labute approximate surface area is 249 Å². The van der Waals surface area contributed by atoms with Crippen molar-refractivity contribution in [3.8, 4) is 22.8 Å². The standard InChI is InChI=1S/C34H34FN3O5/c1-33(32(40)37-24-7-4-8-24)19-43-31-25(33)18-28(38-30(31)20-9-11-23(35)12-10-20)34(2,41)14-13-26(39)22-16-21-6-5-15-36-29(21)27(17-22)42-3/h5-6,9-12,15-18,24,41H,4,7-8,13-14,19H2,1-3H3,(H,37,40)/t33-,34-/m0/s1. The Hall–Kier alpha value is -4.37. The normalized spacial score (nSPS) is 19.2. The Bertz CT molecular complexity index is 1720. The molecule has 9 heteroatoms. The lowest BCUT2D eigenvalue weighted by Gasteiger charge is -2.31. The number of ether oxygens (including phenoxy) is 2. The third kappa shape index (κ3) is 5.33. The number of aromatic nitrogens is 2. The fourth-order valence-electron chi connectivity index (χ4n) is 5.65. The first-order valence-corrected chi connectivity index (χ1v) is 14.5. The maximum atomic E-state index is 13.8. The first-order chi connectivity index (χ1) is 20.6. The van der Waals surface area contributed by atoms with Gasteiger partial charge < -0.3 is 19.9 Å². The van der Waals surface area contributed by atoms with Gasteiger partial charge in [0.2, 0.25) is 5.91 Å². The minimum atomic E-state index is -1.53. The zero-order valence-electron chi connectivity index (χ0n) is 24.4. The highest BCUT2D eigenvalue weighted by Crippen LogP contribution is 2.46. The fourth-order valence-corrected chi connectivity index (χ4v) is 5.65. The first kappa shape index (κ1) is 28.7. The van der Waals surface area contributed by atoms with Crippen LogP contribution in [0.4, 0.5) is 4.39 Å². The van der Waals surface area contributed by atoms with Gasteiger partial charge >= 0.3 is 0 Å². The van der Waals surface area contributed by atoms with Crippen molar-refractivity contribution in [1.82, 2.24) is 15.3 Å². The number of ketones is 1. The molecule has 1 saturated carbocycles. The smallest absolute Gasteiger partial charge is 0.234 e. The van der Waals surface area contributed by atoms with Crippen LogP contribution < -0.4 is 14.8 Å². The molecule has 0 radical (unpaired) electrons. The van der Waals surface area contributed by atoms with Gasteiger partial charge in [-0.3, -0.25) is 14.6 Å². The number of rotatable bonds is 9. The van der Waals surface area contributed by atoms with Crippen molar-refractivity contribution < 1.29 is 28.6 Å². The summed E-state index contributed by atoms with van der Waals surface area (Å²) < 4.78 is 25.4. The Morgan fingerprint density at radius 1 is 1.19 bits per heavy atom. The number of amides is 1. The molecule has 1 amide bonds. The number of pyridine rings is 2. The highest BCUT2D eigenvalue weighted by atomic mass is 19.1. The number of carbonyl (C=O) groups excluding carboxylic acids is 2. The van der Waals surface area contributed by atoms with Crippen LogP contribution in [0.2, 0.25) is 0 Å². The minimum absolute atomic E-state index is 0.0303. The third-order valence-corrected chi connectivity index (χ3v) is 8.73. The molecule has 1 fully saturated rings. The average molecular weight is 584 g/mol. The molecule has 2 N–H and O–H groups in total. The second-order valence-electron chi connectivity index (χ2n) is 11.9. The summed E-state index contributed by atoms with van der Waals surface area (Å²) in [5.41, 5.74) is 0.470. The molecular weight excluding hydrogens is 549 g/mol. The summed E-state index contributed by atoms with van der Waals surface area (Å²) in [5, 5.41) is 15.7. The van der Waals surface area contributed by atoms with Gasteiger partial charge in [-0.15, -0.1) is 0 Å². The summed E-state index contributed by atoms with van der Waals surface area (Å²) in [5.74, 6) is 0.223. The third-order valence-electron chi connectivity index (χ3n) is 8.73. The molecule has 222 valence electrons. The average Bonchev–Trinajstić information content (AvgIpc) is 3.34. The van der Waals surface area contributed by atoms with Crippen molar-refractivity contribution >= 4 is 22.6 Å². The molecule has 1 aliphatic heterocycles. The van der Waals surface area contributed by atoms with Crippen LogP contribution >= 0.6 is 0 Å². The zero-order chi connectivity index (χ0) is 30.4. The number of carbonyl (C=O) groups is 2. The van der Waals surface area contributed by atoms with Crippen molar-refractivity contribution in [2.45, 2.75) is 63.0 Å². The number of nitrogens with zero attached hydrogens (tertiary/aromatic N) is 2. The molecule has 0 unspecified atom stereocenters. The molecule has 4 aromatic rings. The number of halogens is 1. The van der Waals surface area contributed by atoms with Crippen LogP contribution in [0.3, 0.4) is 0 Å². The molecule has 1 aliphatic carbocycles. The van der Waals surface area contributed by atoms with Crippen LogP contribution in [-0.2, 0) is 15.8 Å². The summed E-state index contributed by atoms with van der Waals surface area (Å²) >= 11 is 0. The molecule has 0 spiro atoms. The predicted octanol–water partition coefficient (Wildman–Crippen LogP) is 5.63. The molecule has 43 heavy (non-hydrogen) atoms. The van der Waals surface area contributed by atoms with E-state index in [2.05, 4.69) is 10.3 Å². The monoisotopic (exact) mass is 583 g/mol.